The minimum Gasteiger partial charge on any atom is -0.508 e. The highest BCUT2D eigenvalue weighted by atomic mass is 79.9. The van der Waals surface area contributed by atoms with Crippen LogP contribution in [0.5, 0.6) is 5.75 Å². The van der Waals surface area contributed by atoms with Gasteiger partial charge in [0.25, 0.3) is 0 Å². The third kappa shape index (κ3) is 4.28. The van der Waals surface area contributed by atoms with Crippen molar-refractivity contribution in [2.45, 2.75) is 6.18 Å². The number of hydrogen-bond donors (Lipinski definition) is 3. The van der Waals surface area contributed by atoms with Gasteiger partial charge in [0.2, 0.25) is 0 Å². The lowest BCUT2D eigenvalue weighted by Gasteiger charge is -2.13. The van der Waals surface area contributed by atoms with Gasteiger partial charge in [-0.1, -0.05) is 27.5 Å². The molecule has 3 N–H and O–H groups in total. The highest BCUT2D eigenvalue weighted by Gasteiger charge is 2.33. The van der Waals surface area contributed by atoms with Crippen LogP contribution < -0.4 is 10.6 Å². The number of rotatable bonds is 2. The van der Waals surface area contributed by atoms with Gasteiger partial charge < -0.3 is 15.7 Å². The van der Waals surface area contributed by atoms with Gasteiger partial charge in [0, 0.05) is 15.5 Å². The van der Waals surface area contributed by atoms with E-state index in [1.54, 1.807) is 18.2 Å². The molecule has 27 heavy (non-hydrogen) atoms. The van der Waals surface area contributed by atoms with Gasteiger partial charge in [-0.3, -0.25) is 0 Å². The monoisotopic (exact) mass is 458 g/mol. The van der Waals surface area contributed by atoms with Crippen molar-refractivity contribution in [3.63, 3.8) is 0 Å². The molecule has 0 fully saturated rings. The Morgan fingerprint density at radius 1 is 1.00 bits per heavy atom. The number of fused-ring (bicyclic) bond motifs is 1. The molecule has 3 aromatic rings. The first-order valence-corrected chi connectivity index (χ1v) is 8.68. The molecule has 0 heterocycles. The molecule has 0 saturated heterocycles. The number of phenolic OH excluding ortho intramolecular Hbond substituents is 1. The molecule has 4 nitrogen and oxygen atoms in total. The van der Waals surface area contributed by atoms with Crippen LogP contribution >= 0.6 is 27.5 Å². The van der Waals surface area contributed by atoms with E-state index < -0.39 is 22.8 Å². The summed E-state index contributed by atoms with van der Waals surface area (Å²) < 4.78 is 39.5. The molecule has 0 aromatic heterocycles. The van der Waals surface area contributed by atoms with Crippen LogP contribution in [0, 0.1) is 0 Å². The van der Waals surface area contributed by atoms with Crippen LogP contribution in [0.3, 0.4) is 0 Å². The van der Waals surface area contributed by atoms with Crippen LogP contribution in [0.15, 0.2) is 53.0 Å². The van der Waals surface area contributed by atoms with Crippen LogP contribution in [-0.2, 0) is 6.18 Å². The first kappa shape index (κ1) is 19.3. The molecule has 0 aliphatic carbocycles. The number of hydrogen-bond acceptors (Lipinski definition) is 2. The van der Waals surface area contributed by atoms with Crippen molar-refractivity contribution >= 4 is 55.7 Å². The van der Waals surface area contributed by atoms with Gasteiger partial charge in [-0.2, -0.15) is 13.2 Å². The molecule has 3 rings (SSSR count). The molecule has 0 bridgehead atoms. The molecule has 3 aromatic carbocycles. The average Bonchev–Trinajstić information content (AvgIpc) is 2.58. The molecule has 0 radical (unpaired) electrons. The quantitative estimate of drug-likeness (QED) is 0.403. The van der Waals surface area contributed by atoms with E-state index >= 15 is 0 Å². The molecule has 0 atom stereocenters. The topological polar surface area (TPSA) is 61.4 Å². The van der Waals surface area contributed by atoms with Crippen molar-refractivity contribution in [3.8, 4) is 5.75 Å². The number of carbonyl (C=O) groups is 1. The maximum absolute atomic E-state index is 12.9. The molecule has 0 saturated carbocycles. The summed E-state index contributed by atoms with van der Waals surface area (Å²) in [7, 11) is 0. The standard InChI is InChI=1S/C18H11BrClF3N2O2/c19-14-4-6-16(12-8-10(26)2-3-11(12)14)25-17(27)24-9-1-5-15(20)13(7-9)18(21,22)23/h1-8,26H,(H2,24,25,27). The van der Waals surface area contributed by atoms with Gasteiger partial charge in [0.15, 0.2) is 0 Å². The largest absolute Gasteiger partial charge is 0.508 e. The lowest BCUT2D eigenvalue weighted by molar-refractivity contribution is -0.137. The maximum atomic E-state index is 12.9. The Bertz CT molecular complexity index is 1040. The van der Waals surface area contributed by atoms with E-state index in [-0.39, 0.29) is 11.4 Å². The normalized spacial score (nSPS) is 11.4. The average molecular weight is 460 g/mol. The molecular weight excluding hydrogens is 449 g/mol. The Balaban J connectivity index is 1.86. The number of halogens is 5. The number of nitrogens with one attached hydrogen (secondary N) is 2. The molecule has 0 aliphatic heterocycles. The second kappa shape index (κ2) is 7.28. The number of carbonyl (C=O) groups excluding carboxylic acids is 1. The number of urea groups is 1. The molecular formula is C18H11BrClF3N2O2. The predicted octanol–water partition coefficient (Wildman–Crippen LogP) is 6.62. The third-order valence-corrected chi connectivity index (χ3v) is 4.75. The van der Waals surface area contributed by atoms with Gasteiger partial charge in [-0.15, -0.1) is 0 Å². The zero-order valence-corrected chi connectivity index (χ0v) is 15.7. The van der Waals surface area contributed by atoms with Crippen LogP contribution in [0.4, 0.5) is 29.3 Å². The number of anilines is 2. The predicted molar refractivity (Wildman–Crippen MR) is 102 cm³/mol. The van der Waals surface area contributed by atoms with Gasteiger partial charge in [0.05, 0.1) is 16.3 Å². The van der Waals surface area contributed by atoms with Gasteiger partial charge in [0.1, 0.15) is 5.75 Å². The summed E-state index contributed by atoms with van der Waals surface area (Å²) in [5.41, 5.74) is -0.721. The molecule has 2 amide bonds. The van der Waals surface area contributed by atoms with Crippen molar-refractivity contribution in [2.24, 2.45) is 0 Å². The molecule has 9 heteroatoms. The van der Waals surface area contributed by atoms with Gasteiger partial charge in [-0.25, -0.2) is 4.79 Å². The van der Waals surface area contributed by atoms with E-state index in [0.717, 1.165) is 22.0 Å². The Kier molecular flexibility index (Phi) is 5.21. The van der Waals surface area contributed by atoms with Crippen LogP contribution in [0.25, 0.3) is 10.8 Å². The number of amides is 2. The fourth-order valence-corrected chi connectivity index (χ4v) is 3.22. The number of benzene rings is 3. The molecule has 140 valence electrons. The fraction of sp³-hybridized carbons (Fsp3) is 0.0556. The smallest absolute Gasteiger partial charge is 0.417 e. The van der Waals surface area contributed by atoms with E-state index in [0.29, 0.717) is 11.1 Å². The zero-order chi connectivity index (χ0) is 19.8. The zero-order valence-electron chi connectivity index (χ0n) is 13.4. The van der Waals surface area contributed by atoms with Crippen LogP contribution in [0.1, 0.15) is 5.56 Å². The molecule has 0 spiro atoms. The van der Waals surface area contributed by atoms with Crippen molar-refractivity contribution < 1.29 is 23.1 Å². The second-order valence-corrected chi connectivity index (χ2v) is 6.86. The van der Waals surface area contributed by atoms with Crippen LogP contribution in [-0.4, -0.2) is 11.1 Å². The first-order valence-electron chi connectivity index (χ1n) is 7.51. The summed E-state index contributed by atoms with van der Waals surface area (Å²) >= 11 is 8.95. The highest BCUT2D eigenvalue weighted by Crippen LogP contribution is 2.36. The Labute approximate surface area is 165 Å². The molecule has 0 unspecified atom stereocenters. The van der Waals surface area contributed by atoms with E-state index in [1.807, 2.05) is 0 Å². The summed E-state index contributed by atoms with van der Waals surface area (Å²) in [5.74, 6) is 0.0107. The fourth-order valence-electron chi connectivity index (χ4n) is 2.51. The Morgan fingerprint density at radius 2 is 1.74 bits per heavy atom. The SMILES string of the molecule is O=C(Nc1ccc(Cl)c(C(F)(F)F)c1)Nc1ccc(Br)c2ccc(O)cc12. The van der Waals surface area contributed by atoms with Crippen molar-refractivity contribution in [1.29, 1.82) is 0 Å². The van der Waals surface area contributed by atoms with E-state index in [4.69, 9.17) is 11.6 Å². The summed E-state index contributed by atoms with van der Waals surface area (Å²) in [4.78, 5) is 12.2. The summed E-state index contributed by atoms with van der Waals surface area (Å²) in [5, 5.41) is 15.4. The second-order valence-electron chi connectivity index (χ2n) is 5.60. The first-order chi connectivity index (χ1) is 12.6. The van der Waals surface area contributed by atoms with Crippen molar-refractivity contribution in [2.75, 3.05) is 10.6 Å². The van der Waals surface area contributed by atoms with Crippen LogP contribution in [0.2, 0.25) is 5.02 Å². The Morgan fingerprint density at radius 3 is 2.44 bits per heavy atom. The Hall–Kier alpha value is -2.45. The lowest BCUT2D eigenvalue weighted by Crippen LogP contribution is -2.20. The number of aromatic hydroxyl groups is 1. The van der Waals surface area contributed by atoms with E-state index in [9.17, 15) is 23.1 Å². The van der Waals surface area contributed by atoms with Crippen molar-refractivity contribution in [3.05, 3.63) is 63.6 Å². The van der Waals surface area contributed by atoms with Gasteiger partial charge >= 0.3 is 12.2 Å². The number of alkyl halides is 3. The van der Waals surface area contributed by atoms with E-state index in [2.05, 4.69) is 26.6 Å². The van der Waals surface area contributed by atoms with E-state index in [1.165, 1.54) is 18.2 Å². The number of phenols is 1. The summed E-state index contributed by atoms with van der Waals surface area (Å²) in [6, 6.07) is 10.3. The summed E-state index contributed by atoms with van der Waals surface area (Å²) in [6.07, 6.45) is -4.63. The van der Waals surface area contributed by atoms with Crippen molar-refractivity contribution in [1.82, 2.24) is 0 Å². The third-order valence-electron chi connectivity index (χ3n) is 3.72. The minimum absolute atomic E-state index is 0.0107. The van der Waals surface area contributed by atoms with Gasteiger partial charge in [-0.05, 0) is 53.9 Å². The lowest BCUT2D eigenvalue weighted by atomic mass is 10.1. The molecule has 0 aliphatic rings. The highest BCUT2D eigenvalue weighted by molar-refractivity contribution is 9.10. The minimum atomic E-state index is -4.63. The maximum Gasteiger partial charge on any atom is 0.417 e. The summed E-state index contributed by atoms with van der Waals surface area (Å²) in [6.45, 7) is 0.